The van der Waals surface area contributed by atoms with Gasteiger partial charge in [-0.05, 0) is 87.3 Å². The van der Waals surface area contributed by atoms with E-state index in [1.165, 1.54) is 25.9 Å². The fourth-order valence-electron chi connectivity index (χ4n) is 1.93. The third-order valence-electron chi connectivity index (χ3n) is 2.81. The normalized spacial score (nSPS) is 10.4. The summed E-state index contributed by atoms with van der Waals surface area (Å²) in [4.78, 5) is 0. The van der Waals surface area contributed by atoms with Crippen molar-refractivity contribution in [3.05, 3.63) is 61.1 Å². The second-order valence-electron chi connectivity index (χ2n) is 4.42. The predicted octanol–water partition coefficient (Wildman–Crippen LogP) is 5.28. The first-order chi connectivity index (χ1) is 8.56. The predicted molar refractivity (Wildman–Crippen MR) is 90.1 cm³/mol. The van der Waals surface area contributed by atoms with Crippen LogP contribution in [0, 0.1) is 17.4 Å². The lowest BCUT2D eigenvalue weighted by Crippen LogP contribution is -2.02. The first kappa shape index (κ1) is 13.9. The quantitative estimate of drug-likeness (QED) is 0.672. The lowest BCUT2D eigenvalue weighted by atomic mass is 10.1. The van der Waals surface area contributed by atoms with Crippen LogP contribution < -0.4 is 5.32 Å². The SMILES string of the molecule is Cc1cc(C)c(NCc2ccc(I)cc2)c(Br)c1. The number of anilines is 1. The minimum Gasteiger partial charge on any atom is -0.380 e. The molecular formula is C15H15BrIN. The zero-order chi connectivity index (χ0) is 13.1. The molecule has 2 aromatic carbocycles. The third-order valence-corrected chi connectivity index (χ3v) is 4.16. The summed E-state index contributed by atoms with van der Waals surface area (Å²) < 4.78 is 2.40. The van der Waals surface area contributed by atoms with Gasteiger partial charge in [0.2, 0.25) is 0 Å². The fourth-order valence-corrected chi connectivity index (χ4v) is 3.11. The molecule has 0 saturated carbocycles. The third kappa shape index (κ3) is 3.48. The monoisotopic (exact) mass is 415 g/mol. The molecule has 0 fully saturated rings. The van der Waals surface area contributed by atoms with Crippen LogP contribution >= 0.6 is 38.5 Å². The van der Waals surface area contributed by atoms with E-state index < -0.39 is 0 Å². The van der Waals surface area contributed by atoms with Crippen molar-refractivity contribution in [2.24, 2.45) is 0 Å². The summed E-state index contributed by atoms with van der Waals surface area (Å²) in [5.74, 6) is 0. The van der Waals surface area contributed by atoms with Crippen LogP contribution in [0.1, 0.15) is 16.7 Å². The highest BCUT2D eigenvalue weighted by Crippen LogP contribution is 2.28. The number of aryl methyl sites for hydroxylation is 2. The molecular weight excluding hydrogens is 401 g/mol. The van der Waals surface area contributed by atoms with E-state index in [-0.39, 0.29) is 0 Å². The maximum atomic E-state index is 3.62. The molecule has 0 aliphatic carbocycles. The van der Waals surface area contributed by atoms with Crippen molar-refractivity contribution in [2.45, 2.75) is 20.4 Å². The molecule has 0 radical (unpaired) electrons. The molecule has 18 heavy (non-hydrogen) atoms. The molecule has 0 heterocycles. The highest BCUT2D eigenvalue weighted by atomic mass is 127. The van der Waals surface area contributed by atoms with Gasteiger partial charge in [-0.3, -0.25) is 0 Å². The van der Waals surface area contributed by atoms with Gasteiger partial charge in [0.15, 0.2) is 0 Å². The molecule has 0 saturated heterocycles. The molecule has 2 rings (SSSR count). The molecule has 0 unspecified atom stereocenters. The zero-order valence-corrected chi connectivity index (χ0v) is 14.2. The van der Waals surface area contributed by atoms with Gasteiger partial charge in [0, 0.05) is 14.6 Å². The van der Waals surface area contributed by atoms with E-state index in [0.717, 1.165) is 11.0 Å². The zero-order valence-electron chi connectivity index (χ0n) is 10.4. The van der Waals surface area contributed by atoms with Gasteiger partial charge in [0.1, 0.15) is 0 Å². The number of halogens is 2. The van der Waals surface area contributed by atoms with E-state index >= 15 is 0 Å². The molecule has 0 aliphatic rings. The summed E-state index contributed by atoms with van der Waals surface area (Å²) in [6.07, 6.45) is 0. The van der Waals surface area contributed by atoms with Crippen molar-refractivity contribution >= 4 is 44.2 Å². The van der Waals surface area contributed by atoms with Gasteiger partial charge in [-0.1, -0.05) is 18.2 Å². The maximum absolute atomic E-state index is 3.62. The van der Waals surface area contributed by atoms with Gasteiger partial charge in [0.05, 0.1) is 5.69 Å². The van der Waals surface area contributed by atoms with Crippen molar-refractivity contribution in [3.63, 3.8) is 0 Å². The van der Waals surface area contributed by atoms with Crippen LogP contribution in [0.15, 0.2) is 40.9 Å². The van der Waals surface area contributed by atoms with Crippen LogP contribution in [0.5, 0.6) is 0 Å². The van der Waals surface area contributed by atoms with Crippen molar-refractivity contribution in [1.29, 1.82) is 0 Å². The van der Waals surface area contributed by atoms with Crippen LogP contribution in [0.4, 0.5) is 5.69 Å². The lowest BCUT2D eigenvalue weighted by molar-refractivity contribution is 1.13. The van der Waals surface area contributed by atoms with E-state index in [1.807, 2.05) is 0 Å². The molecule has 1 N–H and O–H groups in total. The van der Waals surface area contributed by atoms with Gasteiger partial charge in [0.25, 0.3) is 0 Å². The summed E-state index contributed by atoms with van der Waals surface area (Å²) in [5.41, 5.74) is 5.02. The van der Waals surface area contributed by atoms with Crippen LogP contribution in [-0.2, 0) is 6.54 Å². The van der Waals surface area contributed by atoms with Gasteiger partial charge < -0.3 is 5.32 Å². The summed E-state index contributed by atoms with van der Waals surface area (Å²) in [7, 11) is 0. The topological polar surface area (TPSA) is 12.0 Å². The number of benzene rings is 2. The second kappa shape index (κ2) is 6.06. The first-order valence-corrected chi connectivity index (χ1v) is 7.68. The minimum atomic E-state index is 0.847. The Kier molecular flexibility index (Phi) is 4.67. The number of hydrogen-bond donors (Lipinski definition) is 1. The van der Waals surface area contributed by atoms with E-state index in [9.17, 15) is 0 Å². The van der Waals surface area contributed by atoms with Crippen LogP contribution in [0.25, 0.3) is 0 Å². The lowest BCUT2D eigenvalue weighted by Gasteiger charge is -2.13. The van der Waals surface area contributed by atoms with E-state index in [2.05, 4.69) is 94.1 Å². The van der Waals surface area contributed by atoms with E-state index in [0.29, 0.717) is 0 Å². The average Bonchev–Trinajstić information content (AvgIpc) is 2.30. The fraction of sp³-hybridized carbons (Fsp3) is 0.200. The number of nitrogens with one attached hydrogen (secondary N) is 1. The highest BCUT2D eigenvalue weighted by molar-refractivity contribution is 14.1. The molecule has 2 aromatic rings. The molecule has 0 spiro atoms. The highest BCUT2D eigenvalue weighted by Gasteiger charge is 2.04. The molecule has 94 valence electrons. The summed E-state index contributed by atoms with van der Waals surface area (Å²) in [5, 5.41) is 3.49. The van der Waals surface area contributed by atoms with E-state index in [4.69, 9.17) is 0 Å². The van der Waals surface area contributed by atoms with Crippen molar-refractivity contribution < 1.29 is 0 Å². The molecule has 0 amide bonds. The van der Waals surface area contributed by atoms with Crippen molar-refractivity contribution in [3.8, 4) is 0 Å². The Morgan fingerprint density at radius 2 is 1.78 bits per heavy atom. The van der Waals surface area contributed by atoms with Gasteiger partial charge in [-0.2, -0.15) is 0 Å². The van der Waals surface area contributed by atoms with Crippen molar-refractivity contribution in [1.82, 2.24) is 0 Å². The Morgan fingerprint density at radius 1 is 1.11 bits per heavy atom. The Balaban J connectivity index is 2.13. The van der Waals surface area contributed by atoms with Crippen LogP contribution in [-0.4, -0.2) is 0 Å². The largest absolute Gasteiger partial charge is 0.380 e. The second-order valence-corrected chi connectivity index (χ2v) is 6.52. The summed E-state index contributed by atoms with van der Waals surface area (Å²) in [6, 6.07) is 12.9. The molecule has 1 nitrogen and oxygen atoms in total. The van der Waals surface area contributed by atoms with Gasteiger partial charge >= 0.3 is 0 Å². The Morgan fingerprint density at radius 3 is 2.39 bits per heavy atom. The number of rotatable bonds is 3. The van der Waals surface area contributed by atoms with Crippen LogP contribution in [0.2, 0.25) is 0 Å². The molecule has 0 bridgehead atoms. The van der Waals surface area contributed by atoms with Gasteiger partial charge in [-0.15, -0.1) is 0 Å². The van der Waals surface area contributed by atoms with E-state index in [1.54, 1.807) is 0 Å². The first-order valence-electron chi connectivity index (χ1n) is 5.81. The summed E-state index contributed by atoms with van der Waals surface area (Å²) in [6.45, 7) is 5.09. The maximum Gasteiger partial charge on any atom is 0.0517 e. The summed E-state index contributed by atoms with van der Waals surface area (Å²) >= 11 is 5.94. The van der Waals surface area contributed by atoms with Crippen LogP contribution in [0.3, 0.4) is 0 Å². The molecule has 0 aliphatic heterocycles. The Hall–Kier alpha value is -0.550. The Bertz CT molecular complexity index is 526. The standard InChI is InChI=1S/C15H15BrIN/c1-10-7-11(2)15(14(16)8-10)18-9-12-3-5-13(17)6-4-12/h3-8,18H,9H2,1-2H3. The smallest absolute Gasteiger partial charge is 0.0517 e. The average molecular weight is 416 g/mol. The van der Waals surface area contributed by atoms with Gasteiger partial charge in [-0.25, -0.2) is 0 Å². The minimum absolute atomic E-state index is 0.847. The molecule has 0 aromatic heterocycles. The number of hydrogen-bond acceptors (Lipinski definition) is 1. The molecule has 0 atom stereocenters. The molecule has 3 heteroatoms. The van der Waals surface area contributed by atoms with Crippen molar-refractivity contribution in [2.75, 3.05) is 5.32 Å². The Labute approximate surface area is 130 Å².